The van der Waals surface area contributed by atoms with Gasteiger partial charge in [0.1, 0.15) is 11.9 Å². The number of anilines is 1. The van der Waals surface area contributed by atoms with Crippen LogP contribution in [-0.2, 0) is 16.0 Å². The molecule has 9 heteroatoms. The Kier molecular flexibility index (Phi) is 5.55. The maximum Gasteiger partial charge on any atom is 0.407 e. The van der Waals surface area contributed by atoms with Gasteiger partial charge in [-0.25, -0.2) is 4.79 Å². The van der Waals surface area contributed by atoms with E-state index in [0.717, 1.165) is 30.7 Å². The topological polar surface area (TPSA) is 122 Å². The van der Waals surface area contributed by atoms with Crippen LogP contribution in [0.4, 0.5) is 10.6 Å². The monoisotopic (exact) mass is 401 g/mol. The van der Waals surface area contributed by atoms with Crippen LogP contribution >= 0.6 is 0 Å². The van der Waals surface area contributed by atoms with Gasteiger partial charge in [-0.05, 0) is 51.9 Å². The molecule has 2 aromatic heterocycles. The zero-order valence-electron chi connectivity index (χ0n) is 16.7. The number of aromatic nitrogens is 3. The van der Waals surface area contributed by atoms with Gasteiger partial charge >= 0.3 is 6.09 Å². The van der Waals surface area contributed by atoms with Crippen molar-refractivity contribution in [3.05, 3.63) is 29.3 Å². The van der Waals surface area contributed by atoms with Crippen molar-refractivity contribution >= 4 is 17.8 Å². The average Bonchev–Trinajstić information content (AvgIpc) is 3.02. The molecule has 2 amide bonds. The minimum Gasteiger partial charge on any atom is -0.446 e. The minimum atomic E-state index is -0.324. The summed E-state index contributed by atoms with van der Waals surface area (Å²) < 4.78 is 10.6. The fraction of sp³-hybridized carbons (Fsp3) is 0.600. The normalized spacial score (nSPS) is 22.3. The van der Waals surface area contributed by atoms with Gasteiger partial charge in [0.15, 0.2) is 5.82 Å². The molecule has 29 heavy (non-hydrogen) atoms. The van der Waals surface area contributed by atoms with Gasteiger partial charge in [0.25, 0.3) is 0 Å². The number of hydrogen-bond donors (Lipinski definition) is 3. The highest BCUT2D eigenvalue weighted by Crippen LogP contribution is 2.36. The number of amides is 2. The second-order valence-electron chi connectivity index (χ2n) is 8.18. The molecule has 2 aliphatic carbocycles. The maximum absolute atomic E-state index is 12.1. The summed E-state index contributed by atoms with van der Waals surface area (Å²) in [5, 5.41) is 16.6. The Balaban J connectivity index is 1.24. The third-order valence-electron chi connectivity index (χ3n) is 5.65. The fourth-order valence-corrected chi connectivity index (χ4v) is 3.87. The number of nitrogens with zero attached hydrogens (tertiary/aromatic N) is 2. The smallest absolute Gasteiger partial charge is 0.407 e. The summed E-state index contributed by atoms with van der Waals surface area (Å²) in [5.41, 5.74) is 1.68. The summed E-state index contributed by atoms with van der Waals surface area (Å²) in [6.07, 6.45) is 4.53. The number of nitrogens with one attached hydrogen (secondary N) is 3. The quantitative estimate of drug-likeness (QED) is 0.655. The van der Waals surface area contributed by atoms with E-state index in [1.165, 1.54) is 12.8 Å². The molecular formula is C20H27N5O4. The molecule has 2 fully saturated rings. The van der Waals surface area contributed by atoms with Crippen molar-refractivity contribution in [1.29, 1.82) is 0 Å². The zero-order chi connectivity index (χ0) is 20.4. The summed E-state index contributed by atoms with van der Waals surface area (Å²) in [6, 6.07) is 3.75. The Morgan fingerprint density at radius 2 is 2.14 bits per heavy atom. The highest BCUT2D eigenvalue weighted by atomic mass is 16.6. The lowest BCUT2D eigenvalue weighted by Gasteiger charge is -2.16. The summed E-state index contributed by atoms with van der Waals surface area (Å²) in [4.78, 5) is 24.2. The Morgan fingerprint density at radius 3 is 2.86 bits per heavy atom. The predicted octanol–water partition coefficient (Wildman–Crippen LogP) is 3.05. The van der Waals surface area contributed by atoms with Gasteiger partial charge in [0.05, 0.1) is 12.1 Å². The van der Waals surface area contributed by atoms with Crippen LogP contribution in [-0.4, -0.2) is 39.5 Å². The summed E-state index contributed by atoms with van der Waals surface area (Å²) in [7, 11) is 0. The average molecular weight is 401 g/mol. The Bertz CT molecular complexity index is 872. The maximum atomic E-state index is 12.1. The molecule has 0 radical (unpaired) electrons. The van der Waals surface area contributed by atoms with Crippen LogP contribution in [0.1, 0.15) is 62.1 Å². The van der Waals surface area contributed by atoms with Gasteiger partial charge in [0.2, 0.25) is 5.91 Å². The molecule has 2 aromatic rings. The molecule has 2 saturated carbocycles. The molecule has 0 spiro atoms. The van der Waals surface area contributed by atoms with E-state index in [9.17, 15) is 9.59 Å². The standard InChI is InChI=1S/C20H27N5O4/c1-11-7-16(29-25-11)9-19(26)22-18-10-17(23-24-18)14-5-6-15(8-14)28-20(27)21-12(2)13-3-4-13/h7,10,12-15H,3-6,8-9H2,1-2H3,(H,21,27)(H2,22,23,24,26)/t12-,14+,15-/m1/s1. The van der Waals surface area contributed by atoms with Crippen molar-refractivity contribution < 1.29 is 18.8 Å². The predicted molar refractivity (Wildman–Crippen MR) is 104 cm³/mol. The van der Waals surface area contributed by atoms with Crippen LogP contribution in [0, 0.1) is 12.8 Å². The summed E-state index contributed by atoms with van der Waals surface area (Å²) in [6.45, 7) is 3.83. The van der Waals surface area contributed by atoms with Gasteiger partial charge in [-0.3, -0.25) is 9.89 Å². The highest BCUT2D eigenvalue weighted by Gasteiger charge is 2.32. The van der Waals surface area contributed by atoms with E-state index in [2.05, 4.69) is 26.0 Å². The first-order chi connectivity index (χ1) is 14.0. The first kappa shape index (κ1) is 19.5. The molecule has 2 heterocycles. The van der Waals surface area contributed by atoms with E-state index in [1.54, 1.807) is 13.0 Å². The summed E-state index contributed by atoms with van der Waals surface area (Å²) >= 11 is 0. The second kappa shape index (κ2) is 8.26. The molecule has 9 nitrogen and oxygen atoms in total. The third-order valence-corrected chi connectivity index (χ3v) is 5.65. The van der Waals surface area contributed by atoms with Crippen LogP contribution in [0.15, 0.2) is 16.7 Å². The van der Waals surface area contributed by atoms with Crippen molar-refractivity contribution in [2.75, 3.05) is 5.32 Å². The number of carbonyl (C=O) groups excluding carboxylic acids is 2. The molecule has 2 aliphatic rings. The number of rotatable bonds is 7. The van der Waals surface area contributed by atoms with Gasteiger partial charge < -0.3 is 19.9 Å². The number of carbonyl (C=O) groups is 2. The molecule has 3 N–H and O–H groups in total. The van der Waals surface area contributed by atoms with Crippen LogP contribution in [0.5, 0.6) is 0 Å². The lowest BCUT2D eigenvalue weighted by molar-refractivity contribution is -0.115. The second-order valence-corrected chi connectivity index (χ2v) is 8.18. The van der Waals surface area contributed by atoms with Crippen LogP contribution in [0.3, 0.4) is 0 Å². The SMILES string of the molecule is Cc1cc(CC(=O)Nc2cc([C@H]3CC[C@@H](OC(=O)N[C@H](C)C4CC4)C3)[nH]n2)on1. The molecule has 4 rings (SSSR count). The van der Waals surface area contributed by atoms with Crippen molar-refractivity contribution in [1.82, 2.24) is 20.7 Å². The lowest BCUT2D eigenvalue weighted by atomic mass is 10.0. The molecule has 0 saturated heterocycles. The number of alkyl carbamates (subject to hydrolysis) is 1. The molecule has 3 atom stereocenters. The molecular weight excluding hydrogens is 374 g/mol. The molecule has 0 aliphatic heterocycles. The Hall–Kier alpha value is -2.84. The molecule has 0 unspecified atom stereocenters. The Labute approximate surface area is 168 Å². The molecule has 0 aromatic carbocycles. The Morgan fingerprint density at radius 1 is 1.31 bits per heavy atom. The van der Waals surface area contributed by atoms with E-state index in [1.807, 2.05) is 13.0 Å². The van der Waals surface area contributed by atoms with Crippen molar-refractivity contribution in [3.8, 4) is 0 Å². The number of ether oxygens (including phenoxy) is 1. The van der Waals surface area contributed by atoms with Gasteiger partial charge in [0, 0.05) is 29.8 Å². The van der Waals surface area contributed by atoms with E-state index in [0.29, 0.717) is 17.5 Å². The number of aromatic amines is 1. The number of aryl methyl sites for hydroxylation is 1. The van der Waals surface area contributed by atoms with Gasteiger partial charge in [-0.1, -0.05) is 5.16 Å². The largest absolute Gasteiger partial charge is 0.446 e. The highest BCUT2D eigenvalue weighted by molar-refractivity contribution is 5.91. The van der Waals surface area contributed by atoms with E-state index in [4.69, 9.17) is 9.26 Å². The van der Waals surface area contributed by atoms with Gasteiger partial charge in [-0.15, -0.1) is 0 Å². The van der Waals surface area contributed by atoms with Crippen molar-refractivity contribution in [3.63, 3.8) is 0 Å². The number of H-pyrrole nitrogens is 1. The van der Waals surface area contributed by atoms with E-state index in [-0.39, 0.29) is 36.5 Å². The minimum absolute atomic E-state index is 0.0950. The first-order valence-electron chi connectivity index (χ1n) is 10.2. The summed E-state index contributed by atoms with van der Waals surface area (Å²) in [5.74, 6) is 1.60. The third kappa shape index (κ3) is 5.16. The van der Waals surface area contributed by atoms with Crippen LogP contribution in [0.25, 0.3) is 0 Å². The molecule has 0 bridgehead atoms. The molecule has 156 valence electrons. The fourth-order valence-electron chi connectivity index (χ4n) is 3.87. The zero-order valence-corrected chi connectivity index (χ0v) is 16.7. The van der Waals surface area contributed by atoms with Crippen molar-refractivity contribution in [2.45, 2.75) is 70.4 Å². The first-order valence-corrected chi connectivity index (χ1v) is 10.2. The van der Waals surface area contributed by atoms with E-state index >= 15 is 0 Å². The van der Waals surface area contributed by atoms with Crippen LogP contribution < -0.4 is 10.6 Å². The van der Waals surface area contributed by atoms with Crippen LogP contribution in [0.2, 0.25) is 0 Å². The van der Waals surface area contributed by atoms with Gasteiger partial charge in [-0.2, -0.15) is 5.10 Å². The van der Waals surface area contributed by atoms with E-state index < -0.39 is 0 Å². The number of hydrogen-bond acceptors (Lipinski definition) is 6. The van der Waals surface area contributed by atoms with Crippen molar-refractivity contribution in [2.24, 2.45) is 5.92 Å². The lowest BCUT2D eigenvalue weighted by Crippen LogP contribution is -2.36.